The second-order valence-electron chi connectivity index (χ2n) is 6.11. The molecule has 1 aliphatic heterocycles. The van der Waals surface area contributed by atoms with Crippen molar-refractivity contribution in [1.82, 2.24) is 14.8 Å². The minimum Gasteiger partial charge on any atom is -0.465 e. The summed E-state index contributed by atoms with van der Waals surface area (Å²) in [6.45, 7) is -0.297. The van der Waals surface area contributed by atoms with Crippen LogP contribution in [0.25, 0.3) is 0 Å². The first-order valence-corrected chi connectivity index (χ1v) is 8.35. The highest BCUT2D eigenvalue weighted by molar-refractivity contribution is 5.88. The maximum atomic E-state index is 14.5. The number of carbonyl (C=O) groups is 2. The highest BCUT2D eigenvalue weighted by Gasteiger charge is 2.19. The lowest BCUT2D eigenvalue weighted by atomic mass is 10.1. The average Bonchev–Trinajstić information content (AvgIpc) is 2.70. The summed E-state index contributed by atoms with van der Waals surface area (Å²) in [5.74, 6) is -3.11. The van der Waals surface area contributed by atoms with Crippen molar-refractivity contribution in [3.63, 3.8) is 0 Å². The van der Waals surface area contributed by atoms with Crippen LogP contribution in [0, 0.1) is 11.6 Å². The topological polar surface area (TPSA) is 80.6 Å². The Kier molecular flexibility index (Phi) is 5.53. The molecule has 1 aliphatic rings. The maximum absolute atomic E-state index is 14.5. The lowest BCUT2D eigenvalue weighted by molar-refractivity contribution is -0.128. The molecule has 0 atom stereocenters. The molecule has 146 valence electrons. The predicted octanol–water partition coefficient (Wildman–Crippen LogP) is 1.36. The van der Waals surface area contributed by atoms with Crippen molar-refractivity contribution in [2.45, 2.75) is 13.1 Å². The molecule has 1 amide bonds. The first kappa shape index (κ1) is 19.3. The van der Waals surface area contributed by atoms with Crippen LogP contribution < -0.4 is 10.9 Å². The van der Waals surface area contributed by atoms with Crippen LogP contribution in [-0.2, 0) is 22.6 Å². The fourth-order valence-corrected chi connectivity index (χ4v) is 2.75. The number of benzene rings is 1. The minimum absolute atomic E-state index is 0.0109. The number of nitrogens with one attached hydrogen (secondary N) is 1. The number of aromatic nitrogens is 1. The molecule has 0 aliphatic carbocycles. The van der Waals surface area contributed by atoms with Gasteiger partial charge in [0.25, 0.3) is 5.56 Å². The van der Waals surface area contributed by atoms with E-state index in [4.69, 9.17) is 0 Å². The molecule has 0 saturated carbocycles. The summed E-state index contributed by atoms with van der Waals surface area (Å²) in [5, 5.41) is 2.73. The van der Waals surface area contributed by atoms with E-state index in [-0.39, 0.29) is 42.2 Å². The van der Waals surface area contributed by atoms with Crippen molar-refractivity contribution in [2.24, 2.45) is 0 Å². The zero-order valence-corrected chi connectivity index (χ0v) is 14.9. The third-order valence-electron chi connectivity index (χ3n) is 4.27. The van der Waals surface area contributed by atoms with Gasteiger partial charge in [-0.1, -0.05) is 12.1 Å². The zero-order chi connectivity index (χ0) is 20.3. The molecule has 0 radical (unpaired) electrons. The molecule has 3 rings (SSSR count). The van der Waals surface area contributed by atoms with E-state index in [1.807, 2.05) is 0 Å². The highest BCUT2D eigenvalue weighted by Crippen LogP contribution is 2.19. The molecule has 1 aromatic heterocycles. The summed E-state index contributed by atoms with van der Waals surface area (Å²) in [5.41, 5.74) is -0.416. The van der Waals surface area contributed by atoms with Crippen LogP contribution in [0.1, 0.15) is 21.5 Å². The normalized spacial score (nSPS) is 13.4. The minimum atomic E-state index is -1.11. The van der Waals surface area contributed by atoms with Crippen molar-refractivity contribution < 1.29 is 23.1 Å². The largest absolute Gasteiger partial charge is 0.465 e. The van der Waals surface area contributed by atoms with Crippen LogP contribution in [0.3, 0.4) is 0 Å². The fraction of sp³-hybridized carbons (Fsp3) is 0.211. The van der Waals surface area contributed by atoms with E-state index in [1.54, 1.807) is 6.20 Å². The highest BCUT2D eigenvalue weighted by atomic mass is 19.2. The number of halogens is 2. The van der Waals surface area contributed by atoms with E-state index >= 15 is 0 Å². The Balaban J connectivity index is 1.86. The van der Waals surface area contributed by atoms with E-state index in [1.165, 1.54) is 42.6 Å². The number of hydrogen-bond acceptors (Lipinski definition) is 5. The molecule has 0 saturated heterocycles. The number of hydrogen-bond donors (Lipinski definition) is 1. The average molecular weight is 389 g/mol. The first-order chi connectivity index (χ1) is 13.4. The van der Waals surface area contributed by atoms with E-state index in [0.717, 1.165) is 10.6 Å². The number of nitrogens with zero attached hydrogens (tertiary/aromatic N) is 2. The lowest BCUT2D eigenvalue weighted by Crippen LogP contribution is -2.37. The van der Waals surface area contributed by atoms with Crippen LogP contribution in [0.4, 0.5) is 8.78 Å². The second-order valence-corrected chi connectivity index (χ2v) is 6.11. The van der Waals surface area contributed by atoms with Crippen LogP contribution in [0.15, 0.2) is 47.7 Å². The number of amides is 1. The maximum Gasteiger partial charge on any atom is 0.339 e. The van der Waals surface area contributed by atoms with Gasteiger partial charge in [0.1, 0.15) is 0 Å². The summed E-state index contributed by atoms with van der Waals surface area (Å²) in [4.78, 5) is 36.6. The van der Waals surface area contributed by atoms with Crippen molar-refractivity contribution in [3.8, 4) is 0 Å². The number of carbonyl (C=O) groups excluding carboxylic acids is 2. The third-order valence-corrected chi connectivity index (χ3v) is 4.27. The molecule has 1 N–H and O–H groups in total. The second kappa shape index (κ2) is 8.03. The van der Waals surface area contributed by atoms with Gasteiger partial charge in [0.05, 0.1) is 32.3 Å². The Morgan fingerprint density at radius 1 is 1.11 bits per heavy atom. The molecule has 0 fully saturated rings. The van der Waals surface area contributed by atoms with Gasteiger partial charge in [-0.3, -0.25) is 9.59 Å². The molecule has 0 unspecified atom stereocenters. The number of esters is 1. The van der Waals surface area contributed by atoms with Crippen LogP contribution in [0.5, 0.6) is 0 Å². The summed E-state index contributed by atoms with van der Waals surface area (Å²) >= 11 is 0. The van der Waals surface area contributed by atoms with Gasteiger partial charge in [-0.15, -0.1) is 0 Å². The lowest BCUT2D eigenvalue weighted by Gasteiger charge is -2.22. The molecule has 7 nitrogen and oxygen atoms in total. The third kappa shape index (κ3) is 3.93. The molecular formula is C19H17F2N3O4. The molecule has 2 aromatic rings. The number of ether oxygens (including phenoxy) is 1. The van der Waals surface area contributed by atoms with E-state index < -0.39 is 23.2 Å². The van der Waals surface area contributed by atoms with E-state index in [9.17, 15) is 23.2 Å². The standard InChI is InChI=1S/C19H17F2N3O4/c1-28-19(27)14-4-5-15(25)24(11-14)10-13-3-2-12(17(20)18(13)21)9-23-7-6-22-8-16(23)26/h2-7,11,22H,8-10H2,1H3. The van der Waals surface area contributed by atoms with Gasteiger partial charge >= 0.3 is 5.97 Å². The molecule has 0 spiro atoms. The first-order valence-electron chi connectivity index (χ1n) is 8.35. The van der Waals surface area contributed by atoms with Gasteiger partial charge in [-0.2, -0.15) is 0 Å². The van der Waals surface area contributed by atoms with Gasteiger partial charge in [0, 0.05) is 35.8 Å². The summed E-state index contributed by atoms with van der Waals surface area (Å²) in [6.07, 6.45) is 4.23. The number of rotatable bonds is 5. The summed E-state index contributed by atoms with van der Waals surface area (Å²) in [6, 6.07) is 5.16. The van der Waals surface area contributed by atoms with Gasteiger partial charge in [0.2, 0.25) is 5.91 Å². The summed E-state index contributed by atoms with van der Waals surface area (Å²) < 4.78 is 34.7. The molecule has 9 heteroatoms. The Morgan fingerprint density at radius 3 is 2.43 bits per heavy atom. The fourth-order valence-electron chi connectivity index (χ4n) is 2.75. The van der Waals surface area contributed by atoms with Gasteiger partial charge in [-0.25, -0.2) is 13.6 Å². The van der Waals surface area contributed by atoms with Gasteiger partial charge in [-0.05, 0) is 6.07 Å². The number of methoxy groups -OCH3 is 1. The zero-order valence-electron chi connectivity index (χ0n) is 14.9. The SMILES string of the molecule is COC(=O)c1ccc(=O)n(Cc2ccc(CN3C=CNCC3=O)c(F)c2F)c1. The van der Waals surface area contributed by atoms with Crippen LogP contribution in [0.2, 0.25) is 0 Å². The smallest absolute Gasteiger partial charge is 0.339 e. The monoisotopic (exact) mass is 389 g/mol. The van der Waals surface area contributed by atoms with Crippen molar-refractivity contribution in [3.05, 3.63) is 81.5 Å². The molecule has 2 heterocycles. The molecule has 0 bridgehead atoms. The molecule has 28 heavy (non-hydrogen) atoms. The predicted molar refractivity (Wildman–Crippen MR) is 95.2 cm³/mol. The quantitative estimate of drug-likeness (QED) is 0.782. The van der Waals surface area contributed by atoms with Crippen molar-refractivity contribution >= 4 is 11.9 Å². The van der Waals surface area contributed by atoms with Gasteiger partial charge in [0.15, 0.2) is 11.6 Å². The van der Waals surface area contributed by atoms with E-state index in [2.05, 4.69) is 10.1 Å². The Labute approximate surface area is 158 Å². The number of pyridine rings is 1. The van der Waals surface area contributed by atoms with Crippen LogP contribution in [-0.4, -0.2) is 35.0 Å². The molecular weight excluding hydrogens is 372 g/mol. The van der Waals surface area contributed by atoms with Crippen molar-refractivity contribution in [1.29, 1.82) is 0 Å². The van der Waals surface area contributed by atoms with Crippen LogP contribution >= 0.6 is 0 Å². The van der Waals surface area contributed by atoms with Crippen molar-refractivity contribution in [2.75, 3.05) is 13.7 Å². The molecule has 1 aromatic carbocycles. The van der Waals surface area contributed by atoms with E-state index in [0.29, 0.717) is 0 Å². The Morgan fingerprint density at radius 2 is 1.79 bits per heavy atom. The Bertz CT molecular complexity index is 1020. The summed E-state index contributed by atoms with van der Waals surface area (Å²) in [7, 11) is 1.20. The Hall–Kier alpha value is -3.49. The van der Waals surface area contributed by atoms with Gasteiger partial charge < -0.3 is 19.5 Å².